The fraction of sp³-hybridized carbons (Fsp3) is 0.588. The Morgan fingerprint density at radius 1 is 1.50 bits per heavy atom. The third-order valence-electron chi connectivity index (χ3n) is 4.03. The third-order valence-corrected chi connectivity index (χ3v) is 4.73. The molecule has 2 heterocycles. The Morgan fingerprint density at radius 3 is 2.92 bits per heavy atom. The summed E-state index contributed by atoms with van der Waals surface area (Å²) in [6, 6.07) is 3.22. The molecule has 0 aliphatic carbocycles. The molecule has 0 bridgehead atoms. The molecular formula is C17H24N4O2S. The van der Waals surface area contributed by atoms with E-state index in [1.165, 1.54) is 11.3 Å². The van der Waals surface area contributed by atoms with E-state index >= 15 is 0 Å². The molecule has 3 amide bonds. The number of hydrogen-bond acceptors (Lipinski definition) is 4. The lowest BCUT2D eigenvalue weighted by Gasteiger charge is -2.32. The topological polar surface area (TPSA) is 85.2 Å². The Kier molecular flexibility index (Phi) is 6.62. The molecule has 1 aromatic heterocycles. The molecule has 2 rings (SSSR count). The number of piperidine rings is 1. The summed E-state index contributed by atoms with van der Waals surface area (Å²) in [5, 5.41) is 18.7. The number of rotatable bonds is 5. The zero-order chi connectivity index (χ0) is 17.5. The number of amides is 3. The summed E-state index contributed by atoms with van der Waals surface area (Å²) >= 11 is 1.49. The molecule has 1 aromatic rings. The van der Waals surface area contributed by atoms with Crippen LogP contribution in [0.25, 0.3) is 0 Å². The van der Waals surface area contributed by atoms with Crippen molar-refractivity contribution in [2.45, 2.75) is 32.7 Å². The molecule has 1 fully saturated rings. The zero-order valence-electron chi connectivity index (χ0n) is 14.1. The summed E-state index contributed by atoms with van der Waals surface area (Å²) in [6.45, 7) is 5.77. The predicted octanol–water partition coefficient (Wildman–Crippen LogP) is 2.51. The van der Waals surface area contributed by atoms with Crippen LogP contribution in [0.4, 0.5) is 4.79 Å². The van der Waals surface area contributed by atoms with Gasteiger partial charge in [-0.1, -0.05) is 13.8 Å². The van der Waals surface area contributed by atoms with Gasteiger partial charge >= 0.3 is 6.03 Å². The van der Waals surface area contributed by atoms with Gasteiger partial charge in [0, 0.05) is 19.6 Å². The SMILES string of the molecule is CC(C)CNC(=O)N1CCC[C@@H](C(=O)N[C@@H](C#N)c2ccsc2)C1. The lowest BCUT2D eigenvalue weighted by Crippen LogP contribution is -2.49. The number of carbonyl (C=O) groups excluding carboxylic acids is 2. The molecule has 24 heavy (non-hydrogen) atoms. The fourth-order valence-corrected chi connectivity index (χ4v) is 3.35. The standard InChI is InChI=1S/C17H24N4O2S/c1-12(2)9-19-17(23)21-6-3-4-13(10-21)16(22)20-15(8-18)14-5-7-24-11-14/h5,7,11-13,15H,3-4,6,9-10H2,1-2H3,(H,19,23)(H,20,22)/t13-,15+/m1/s1. The normalized spacial score (nSPS) is 18.8. The maximum Gasteiger partial charge on any atom is 0.317 e. The summed E-state index contributed by atoms with van der Waals surface area (Å²) in [6.07, 6.45) is 1.53. The van der Waals surface area contributed by atoms with Crippen LogP contribution in [0.5, 0.6) is 0 Å². The second-order valence-corrected chi connectivity index (χ2v) is 7.27. The number of nitrogens with zero attached hydrogens (tertiary/aromatic N) is 2. The van der Waals surface area contributed by atoms with Crippen molar-refractivity contribution in [3.8, 4) is 6.07 Å². The number of nitriles is 1. The number of thiophene rings is 1. The van der Waals surface area contributed by atoms with E-state index in [-0.39, 0.29) is 17.9 Å². The Hall–Kier alpha value is -2.07. The monoisotopic (exact) mass is 348 g/mol. The first kappa shape index (κ1) is 18.3. The van der Waals surface area contributed by atoms with E-state index in [1.54, 1.807) is 4.90 Å². The summed E-state index contributed by atoms with van der Waals surface area (Å²) in [5.74, 6) is -0.0352. The van der Waals surface area contributed by atoms with E-state index < -0.39 is 6.04 Å². The lowest BCUT2D eigenvalue weighted by molar-refractivity contribution is -0.126. The Balaban J connectivity index is 1.90. The van der Waals surface area contributed by atoms with E-state index in [4.69, 9.17) is 0 Å². The summed E-state index contributed by atoms with van der Waals surface area (Å²) < 4.78 is 0. The van der Waals surface area contributed by atoms with Crippen molar-refractivity contribution < 1.29 is 9.59 Å². The van der Waals surface area contributed by atoms with Crippen LogP contribution >= 0.6 is 11.3 Å². The third kappa shape index (κ3) is 4.96. The number of hydrogen-bond donors (Lipinski definition) is 2. The molecule has 1 aliphatic rings. The second-order valence-electron chi connectivity index (χ2n) is 6.49. The molecule has 0 spiro atoms. The van der Waals surface area contributed by atoms with Gasteiger partial charge in [0.2, 0.25) is 5.91 Å². The van der Waals surface area contributed by atoms with Crippen LogP contribution in [0.3, 0.4) is 0 Å². The number of urea groups is 1. The minimum Gasteiger partial charge on any atom is -0.338 e. The van der Waals surface area contributed by atoms with Crippen LogP contribution < -0.4 is 10.6 Å². The molecular weight excluding hydrogens is 324 g/mol. The van der Waals surface area contributed by atoms with Gasteiger partial charge in [-0.25, -0.2) is 4.79 Å². The molecule has 0 unspecified atom stereocenters. The van der Waals surface area contributed by atoms with Gasteiger partial charge in [0.05, 0.1) is 12.0 Å². The number of nitrogens with one attached hydrogen (secondary N) is 2. The highest BCUT2D eigenvalue weighted by molar-refractivity contribution is 7.08. The van der Waals surface area contributed by atoms with Gasteiger partial charge in [-0.2, -0.15) is 16.6 Å². The second kappa shape index (κ2) is 8.69. The molecule has 6 nitrogen and oxygen atoms in total. The van der Waals surface area contributed by atoms with Crippen molar-refractivity contribution >= 4 is 23.3 Å². The molecule has 0 saturated carbocycles. The van der Waals surface area contributed by atoms with E-state index in [0.717, 1.165) is 18.4 Å². The van der Waals surface area contributed by atoms with Crippen LogP contribution in [0.15, 0.2) is 16.8 Å². The average Bonchev–Trinajstić information content (AvgIpc) is 3.11. The summed E-state index contributed by atoms with van der Waals surface area (Å²) in [7, 11) is 0. The van der Waals surface area contributed by atoms with E-state index in [1.807, 2.05) is 30.7 Å². The quantitative estimate of drug-likeness (QED) is 0.857. The molecule has 1 saturated heterocycles. The average molecular weight is 348 g/mol. The number of likely N-dealkylation sites (tertiary alicyclic amines) is 1. The first-order valence-corrected chi connectivity index (χ1v) is 9.20. The van der Waals surface area contributed by atoms with Crippen LogP contribution in [-0.2, 0) is 4.79 Å². The fourth-order valence-electron chi connectivity index (χ4n) is 2.67. The number of carbonyl (C=O) groups is 2. The smallest absolute Gasteiger partial charge is 0.317 e. The van der Waals surface area contributed by atoms with Gasteiger partial charge in [-0.05, 0) is 41.1 Å². The van der Waals surface area contributed by atoms with Crippen molar-refractivity contribution in [1.29, 1.82) is 5.26 Å². The Bertz CT molecular complexity index is 594. The van der Waals surface area contributed by atoms with Gasteiger partial charge in [-0.15, -0.1) is 0 Å². The van der Waals surface area contributed by atoms with Gasteiger partial charge in [0.15, 0.2) is 0 Å². The van der Waals surface area contributed by atoms with Gasteiger partial charge in [-0.3, -0.25) is 4.79 Å². The molecule has 130 valence electrons. The zero-order valence-corrected chi connectivity index (χ0v) is 14.9. The van der Waals surface area contributed by atoms with Crippen LogP contribution in [0.1, 0.15) is 38.3 Å². The highest BCUT2D eigenvalue weighted by Gasteiger charge is 2.29. The maximum absolute atomic E-state index is 12.5. The molecule has 2 atom stereocenters. The van der Waals surface area contributed by atoms with E-state index in [9.17, 15) is 14.9 Å². The minimum atomic E-state index is -0.631. The van der Waals surface area contributed by atoms with Crippen LogP contribution in [0, 0.1) is 23.2 Å². The van der Waals surface area contributed by atoms with Crippen LogP contribution in [0.2, 0.25) is 0 Å². The summed E-state index contributed by atoms with van der Waals surface area (Å²) in [5.41, 5.74) is 0.804. The molecule has 7 heteroatoms. The van der Waals surface area contributed by atoms with Crippen molar-refractivity contribution in [1.82, 2.24) is 15.5 Å². The highest BCUT2D eigenvalue weighted by Crippen LogP contribution is 2.20. The summed E-state index contributed by atoms with van der Waals surface area (Å²) in [4.78, 5) is 26.3. The lowest BCUT2D eigenvalue weighted by atomic mass is 9.96. The Labute approximate surface area is 146 Å². The molecule has 1 aliphatic heterocycles. The van der Waals surface area contributed by atoms with Gasteiger partial charge in [0.1, 0.15) is 6.04 Å². The van der Waals surface area contributed by atoms with Crippen molar-refractivity contribution in [2.75, 3.05) is 19.6 Å². The van der Waals surface area contributed by atoms with Crippen molar-refractivity contribution in [2.24, 2.45) is 11.8 Å². The van der Waals surface area contributed by atoms with Crippen LogP contribution in [-0.4, -0.2) is 36.5 Å². The van der Waals surface area contributed by atoms with Gasteiger partial charge < -0.3 is 15.5 Å². The predicted molar refractivity (Wildman–Crippen MR) is 93.3 cm³/mol. The van der Waals surface area contributed by atoms with E-state index in [0.29, 0.717) is 25.6 Å². The van der Waals surface area contributed by atoms with Crippen molar-refractivity contribution in [3.63, 3.8) is 0 Å². The Morgan fingerprint density at radius 2 is 2.29 bits per heavy atom. The maximum atomic E-state index is 12.5. The van der Waals surface area contributed by atoms with Crippen molar-refractivity contribution in [3.05, 3.63) is 22.4 Å². The first-order chi connectivity index (χ1) is 11.5. The highest BCUT2D eigenvalue weighted by atomic mass is 32.1. The minimum absolute atomic E-state index is 0.115. The first-order valence-electron chi connectivity index (χ1n) is 8.26. The van der Waals surface area contributed by atoms with E-state index in [2.05, 4.69) is 16.7 Å². The molecule has 0 radical (unpaired) electrons. The largest absolute Gasteiger partial charge is 0.338 e. The molecule has 2 N–H and O–H groups in total. The molecule has 0 aromatic carbocycles. The van der Waals surface area contributed by atoms with Gasteiger partial charge in [0.25, 0.3) is 0 Å².